The number of hydrogen-bond donors (Lipinski definition) is 3. The summed E-state index contributed by atoms with van der Waals surface area (Å²) in [6.07, 6.45) is 8.41. The minimum atomic E-state index is -0.422. The zero-order valence-corrected chi connectivity index (χ0v) is 20.1. The lowest BCUT2D eigenvalue weighted by atomic mass is 10.1. The number of halogens is 2. The van der Waals surface area contributed by atoms with Crippen LogP contribution in [0.2, 0.25) is 5.02 Å². The van der Waals surface area contributed by atoms with Crippen molar-refractivity contribution in [2.24, 2.45) is 0 Å². The average Bonchev–Trinajstić information content (AvgIpc) is 3.52. The molecule has 4 N–H and O–H groups in total. The molecule has 10 heteroatoms. The number of nitrogens with zero attached hydrogens (tertiary/aromatic N) is 4. The van der Waals surface area contributed by atoms with Gasteiger partial charge in [-0.25, -0.2) is 9.37 Å². The van der Waals surface area contributed by atoms with Crippen LogP contribution in [-0.2, 0) is 6.54 Å². The number of amides is 1. The van der Waals surface area contributed by atoms with E-state index in [1.54, 1.807) is 24.4 Å². The molecule has 0 unspecified atom stereocenters. The topological polar surface area (TPSA) is 101 Å². The number of benzene rings is 1. The first-order chi connectivity index (χ1) is 17.0. The molecule has 0 bridgehead atoms. The number of carbonyl (C=O) groups is 1. The summed E-state index contributed by atoms with van der Waals surface area (Å²) in [6.45, 7) is 4.14. The molecule has 2 aliphatic rings. The van der Waals surface area contributed by atoms with Crippen LogP contribution in [-0.4, -0.2) is 57.8 Å². The van der Waals surface area contributed by atoms with E-state index in [0.717, 1.165) is 55.6 Å². The van der Waals surface area contributed by atoms with Gasteiger partial charge in [0.05, 0.1) is 22.8 Å². The van der Waals surface area contributed by atoms with Gasteiger partial charge >= 0.3 is 0 Å². The van der Waals surface area contributed by atoms with E-state index in [0.29, 0.717) is 24.7 Å². The molecule has 2 aromatic heterocycles. The Morgan fingerprint density at radius 3 is 2.83 bits per heavy atom. The quantitative estimate of drug-likeness (QED) is 0.483. The highest BCUT2D eigenvalue weighted by Crippen LogP contribution is 2.25. The van der Waals surface area contributed by atoms with Crippen LogP contribution in [0, 0.1) is 5.82 Å². The van der Waals surface area contributed by atoms with Crippen molar-refractivity contribution in [1.29, 1.82) is 0 Å². The van der Waals surface area contributed by atoms with Crippen LogP contribution in [0.5, 0.6) is 0 Å². The number of hydrogen-bond acceptors (Lipinski definition) is 6. The molecule has 3 aromatic rings. The van der Waals surface area contributed by atoms with Crippen LogP contribution in [0.25, 0.3) is 11.1 Å². The Morgan fingerprint density at radius 2 is 2.03 bits per heavy atom. The molecule has 4 heterocycles. The van der Waals surface area contributed by atoms with E-state index in [2.05, 4.69) is 25.6 Å². The molecule has 2 aliphatic heterocycles. The van der Waals surface area contributed by atoms with Gasteiger partial charge in [0.25, 0.3) is 5.91 Å². The van der Waals surface area contributed by atoms with Crippen molar-refractivity contribution in [2.45, 2.75) is 37.9 Å². The number of carbonyl (C=O) groups excluding carboxylic acids is 1. The number of likely N-dealkylation sites (tertiary alicyclic amines) is 1. The summed E-state index contributed by atoms with van der Waals surface area (Å²) in [4.78, 5) is 19.6. The number of rotatable bonds is 6. The molecule has 0 spiro atoms. The van der Waals surface area contributed by atoms with E-state index in [1.807, 2.05) is 17.1 Å². The third-order valence-corrected chi connectivity index (χ3v) is 7.07. The second kappa shape index (κ2) is 10.3. The molecule has 8 nitrogen and oxygen atoms in total. The van der Waals surface area contributed by atoms with Gasteiger partial charge in [0, 0.05) is 49.2 Å². The van der Waals surface area contributed by atoms with Crippen molar-refractivity contribution in [3.05, 3.63) is 64.8 Å². The maximum absolute atomic E-state index is 13.4. The fourth-order valence-electron chi connectivity index (χ4n) is 4.83. The summed E-state index contributed by atoms with van der Waals surface area (Å²) in [6, 6.07) is 6.92. The van der Waals surface area contributed by atoms with Gasteiger partial charge in [0.1, 0.15) is 11.6 Å². The van der Waals surface area contributed by atoms with Gasteiger partial charge in [-0.3, -0.25) is 14.4 Å². The summed E-state index contributed by atoms with van der Waals surface area (Å²) in [5, 5.41) is 11.1. The van der Waals surface area contributed by atoms with Gasteiger partial charge < -0.3 is 16.4 Å². The molecule has 0 radical (unpaired) electrons. The van der Waals surface area contributed by atoms with Gasteiger partial charge in [-0.15, -0.1) is 0 Å². The van der Waals surface area contributed by atoms with E-state index < -0.39 is 5.82 Å². The van der Waals surface area contributed by atoms with Gasteiger partial charge in [-0.1, -0.05) is 17.7 Å². The normalized spacial score (nSPS) is 19.2. The van der Waals surface area contributed by atoms with Crippen molar-refractivity contribution in [3.8, 4) is 11.1 Å². The summed E-state index contributed by atoms with van der Waals surface area (Å²) in [5.74, 6) is -0.457. The molecule has 35 heavy (non-hydrogen) atoms. The fraction of sp³-hybridized carbons (Fsp3) is 0.400. The Bertz CT molecular complexity index is 1210. The molecule has 1 atom stereocenters. The van der Waals surface area contributed by atoms with Crippen LogP contribution in [0.4, 0.5) is 10.2 Å². The number of aromatic nitrogens is 3. The van der Waals surface area contributed by atoms with Gasteiger partial charge in [0.2, 0.25) is 0 Å². The number of anilines is 1. The Labute approximate surface area is 208 Å². The largest absolute Gasteiger partial charge is 0.383 e. The molecular formula is C25H29ClFN7O. The van der Waals surface area contributed by atoms with Gasteiger partial charge in [0.15, 0.2) is 0 Å². The molecule has 2 saturated heterocycles. The molecule has 2 fully saturated rings. The number of nitrogens with one attached hydrogen (secondary N) is 2. The number of piperidine rings is 1. The highest BCUT2D eigenvalue weighted by molar-refractivity contribution is 6.30. The van der Waals surface area contributed by atoms with Crippen LogP contribution in [0.15, 0.2) is 42.9 Å². The fourth-order valence-corrected chi connectivity index (χ4v) is 5.03. The van der Waals surface area contributed by atoms with Gasteiger partial charge in [-0.2, -0.15) is 5.10 Å². The van der Waals surface area contributed by atoms with E-state index in [1.165, 1.54) is 6.07 Å². The second-order valence-corrected chi connectivity index (χ2v) is 9.70. The van der Waals surface area contributed by atoms with Crippen molar-refractivity contribution < 1.29 is 9.18 Å². The maximum Gasteiger partial charge on any atom is 0.255 e. The molecular weight excluding hydrogens is 469 g/mol. The van der Waals surface area contributed by atoms with Crippen LogP contribution >= 0.6 is 11.6 Å². The SMILES string of the molecule is Nc1ncc(-c2cnn(C3CCNCC3)c2)cc1C(=O)N[C@@H]1CCN(Cc2ccc(F)c(Cl)c2)C1. The number of pyridine rings is 1. The highest BCUT2D eigenvalue weighted by Gasteiger charge is 2.25. The number of nitrogens with two attached hydrogens (primary N) is 1. The molecule has 1 aromatic carbocycles. The number of nitrogen functional groups attached to an aromatic ring is 1. The maximum atomic E-state index is 13.4. The summed E-state index contributed by atoms with van der Waals surface area (Å²) >= 11 is 5.90. The Hall–Kier alpha value is -3.01. The average molecular weight is 498 g/mol. The minimum Gasteiger partial charge on any atom is -0.383 e. The first kappa shape index (κ1) is 23.7. The van der Waals surface area contributed by atoms with E-state index in [4.69, 9.17) is 17.3 Å². The van der Waals surface area contributed by atoms with Crippen molar-refractivity contribution in [1.82, 2.24) is 30.3 Å². The molecule has 0 saturated carbocycles. The summed E-state index contributed by atoms with van der Waals surface area (Å²) in [7, 11) is 0. The van der Waals surface area contributed by atoms with E-state index >= 15 is 0 Å². The minimum absolute atomic E-state index is 0.0101. The zero-order valence-electron chi connectivity index (χ0n) is 19.4. The summed E-state index contributed by atoms with van der Waals surface area (Å²) in [5.41, 5.74) is 9.09. The van der Waals surface area contributed by atoms with Crippen LogP contribution in [0.1, 0.15) is 41.2 Å². The lowest BCUT2D eigenvalue weighted by Crippen LogP contribution is -2.37. The Morgan fingerprint density at radius 1 is 1.20 bits per heavy atom. The molecule has 0 aliphatic carbocycles. The Kier molecular flexibility index (Phi) is 6.99. The van der Waals surface area contributed by atoms with Crippen molar-refractivity contribution in [3.63, 3.8) is 0 Å². The Balaban J connectivity index is 1.22. The van der Waals surface area contributed by atoms with Crippen molar-refractivity contribution in [2.75, 3.05) is 31.9 Å². The van der Waals surface area contributed by atoms with Crippen molar-refractivity contribution >= 4 is 23.3 Å². The first-order valence-corrected chi connectivity index (χ1v) is 12.3. The molecule has 1 amide bonds. The van der Waals surface area contributed by atoms with E-state index in [-0.39, 0.29) is 22.8 Å². The third kappa shape index (κ3) is 5.47. The first-order valence-electron chi connectivity index (χ1n) is 11.9. The monoisotopic (exact) mass is 497 g/mol. The lowest BCUT2D eigenvalue weighted by molar-refractivity contribution is 0.0938. The highest BCUT2D eigenvalue weighted by atomic mass is 35.5. The predicted octanol–water partition coefficient (Wildman–Crippen LogP) is 3.25. The molecule has 184 valence electrons. The van der Waals surface area contributed by atoms with Crippen LogP contribution < -0.4 is 16.4 Å². The summed E-state index contributed by atoms with van der Waals surface area (Å²) < 4.78 is 15.4. The van der Waals surface area contributed by atoms with E-state index in [9.17, 15) is 9.18 Å². The standard InChI is InChI=1S/C25H29ClFN7O/c26-22-9-16(1-2-23(22)27)13-33-8-5-19(15-33)32-25(35)21-10-17(11-30-24(21)28)18-12-31-34(14-18)20-3-6-29-7-4-20/h1-2,9-12,14,19-20,29H,3-8,13,15H2,(H2,28,30)(H,32,35)/t19-/m1/s1. The smallest absolute Gasteiger partial charge is 0.255 e. The third-order valence-electron chi connectivity index (χ3n) is 6.78. The zero-order chi connectivity index (χ0) is 24.4. The second-order valence-electron chi connectivity index (χ2n) is 9.29. The van der Waals surface area contributed by atoms with Crippen LogP contribution in [0.3, 0.4) is 0 Å². The lowest BCUT2D eigenvalue weighted by Gasteiger charge is -2.22. The predicted molar refractivity (Wildman–Crippen MR) is 134 cm³/mol. The van der Waals surface area contributed by atoms with Gasteiger partial charge in [-0.05, 0) is 56.1 Å². The molecule has 5 rings (SSSR count).